The lowest BCUT2D eigenvalue weighted by Gasteiger charge is -2.39. The van der Waals surface area contributed by atoms with Crippen LogP contribution in [0, 0.1) is 29.6 Å². The van der Waals surface area contributed by atoms with Crippen LogP contribution in [0.2, 0.25) is 0 Å². The Kier molecular flexibility index (Phi) is 23.4. The molecule has 576 valence electrons. The molecule has 0 bridgehead atoms. The highest BCUT2D eigenvalue weighted by molar-refractivity contribution is 7.82. The zero-order valence-corrected chi connectivity index (χ0v) is 62.6. The van der Waals surface area contributed by atoms with Gasteiger partial charge in [0.2, 0.25) is 6.29 Å². The summed E-state index contributed by atoms with van der Waals surface area (Å²) < 4.78 is 87.1. The Labute approximate surface area is 638 Å². The second-order valence-corrected chi connectivity index (χ2v) is 30.7. The van der Waals surface area contributed by atoms with E-state index >= 15 is 0 Å². The number of benzene rings is 7. The third-order valence-electron chi connectivity index (χ3n) is 21.3. The van der Waals surface area contributed by atoms with Gasteiger partial charge in [-0.2, -0.15) is 0 Å². The van der Waals surface area contributed by atoms with Crippen molar-refractivity contribution in [2.75, 3.05) is 54.7 Å². The first-order valence-corrected chi connectivity index (χ1v) is 38.5. The molecule has 2 aliphatic carbocycles. The molecular weight excluding hydrogens is 1430 g/mol. The zero-order valence-electron chi connectivity index (χ0n) is 61.7. The van der Waals surface area contributed by atoms with Gasteiger partial charge < -0.3 is 81.0 Å². The van der Waals surface area contributed by atoms with Gasteiger partial charge in [0.25, 0.3) is 11.8 Å². The first-order chi connectivity index (χ1) is 53.2. The molecule has 7 aromatic rings. The number of carbonyl (C=O) groups is 4. The van der Waals surface area contributed by atoms with Crippen LogP contribution >= 0.6 is 0 Å². The van der Waals surface area contributed by atoms with Crippen molar-refractivity contribution in [3.63, 3.8) is 0 Å². The topological polar surface area (TPSA) is 307 Å². The molecule has 14 rings (SSSR count). The molecule has 5 aliphatic heterocycles. The molecule has 0 spiro atoms. The summed E-state index contributed by atoms with van der Waals surface area (Å²) in [5.74, 6) is 7.34. The molecule has 26 heteroatoms. The maximum absolute atomic E-state index is 14.3. The number of quaternary nitrogens is 1. The van der Waals surface area contributed by atoms with E-state index in [9.17, 15) is 48.0 Å². The van der Waals surface area contributed by atoms with Crippen molar-refractivity contribution in [2.24, 2.45) is 27.7 Å². The molecule has 4 N–H and O–H groups in total. The molecule has 5 heterocycles. The summed E-state index contributed by atoms with van der Waals surface area (Å²) in [4.78, 5) is 68.2. The van der Waals surface area contributed by atoms with E-state index in [0.717, 1.165) is 65.1 Å². The summed E-state index contributed by atoms with van der Waals surface area (Å²) in [6.45, 7) is 2.03. The molecule has 0 radical (unpaired) electrons. The first kappa shape index (κ1) is 76.6. The van der Waals surface area contributed by atoms with E-state index in [0.29, 0.717) is 120 Å². The average molecular weight is 1520 g/mol. The van der Waals surface area contributed by atoms with E-state index in [2.05, 4.69) is 24.0 Å². The highest BCUT2D eigenvalue weighted by Gasteiger charge is 2.50. The van der Waals surface area contributed by atoms with Gasteiger partial charge in [-0.1, -0.05) is 48.5 Å². The van der Waals surface area contributed by atoms with Crippen molar-refractivity contribution in [3.8, 4) is 52.1 Å². The number of hydrogen-bond acceptors (Lipinski definition) is 22. The van der Waals surface area contributed by atoms with Crippen LogP contribution in [0.1, 0.15) is 127 Å². The van der Waals surface area contributed by atoms with Gasteiger partial charge >= 0.3 is 16.4 Å². The minimum absolute atomic E-state index is 0.0157. The summed E-state index contributed by atoms with van der Waals surface area (Å²) >= 11 is 0. The zero-order chi connectivity index (χ0) is 76.8. The van der Waals surface area contributed by atoms with Crippen molar-refractivity contribution in [1.29, 1.82) is 0 Å². The third kappa shape index (κ3) is 17.8. The summed E-state index contributed by atoms with van der Waals surface area (Å²) in [6, 6.07) is 38.7. The number of ketones is 1. The molecule has 0 aromatic heterocycles. The number of aliphatic hydroxyl groups excluding tert-OH is 4. The number of Topliss-reactive ketones (excluding diaryl/α,β-unsaturated/α-hetero) is 1. The maximum atomic E-state index is 14.3. The Bertz CT molecular complexity index is 4660. The summed E-state index contributed by atoms with van der Waals surface area (Å²) in [5, 5.41) is 41.8. The Balaban J connectivity index is 0.648. The molecule has 110 heavy (non-hydrogen) atoms. The van der Waals surface area contributed by atoms with Crippen LogP contribution < -0.4 is 32.1 Å². The Morgan fingerprint density at radius 1 is 0.600 bits per heavy atom. The lowest BCUT2D eigenvalue weighted by atomic mass is 9.94. The van der Waals surface area contributed by atoms with Gasteiger partial charge in [-0.15, -0.1) is 20.3 Å². The van der Waals surface area contributed by atoms with Gasteiger partial charge in [0, 0.05) is 93.2 Å². The fourth-order valence-corrected chi connectivity index (χ4v) is 16.3. The largest absolute Gasteiger partial charge is 0.501 e. The predicted molar refractivity (Wildman–Crippen MR) is 403 cm³/mol. The van der Waals surface area contributed by atoms with Crippen molar-refractivity contribution in [1.82, 2.24) is 9.80 Å². The second-order valence-electron chi connectivity index (χ2n) is 29.6. The quantitative estimate of drug-likeness (QED) is 0.0107. The fourth-order valence-electron chi connectivity index (χ4n) is 15.6. The monoisotopic (exact) mass is 1520 g/mol. The van der Waals surface area contributed by atoms with Gasteiger partial charge in [-0.25, -0.2) is 0 Å². The van der Waals surface area contributed by atoms with Gasteiger partial charge in [-0.05, 0) is 162 Å². The maximum Gasteiger partial charge on any atom is 0.501 e. The Morgan fingerprint density at radius 2 is 1.15 bits per heavy atom. The summed E-state index contributed by atoms with van der Waals surface area (Å²) in [5.41, 5.74) is 9.51. The van der Waals surface area contributed by atoms with Crippen LogP contribution in [-0.4, -0.2) is 177 Å². The number of fused-ring (bicyclic) bond motifs is 7. The first-order valence-electron chi connectivity index (χ1n) is 37.2. The van der Waals surface area contributed by atoms with Crippen LogP contribution in [-0.2, 0) is 81.6 Å². The van der Waals surface area contributed by atoms with Crippen molar-refractivity contribution in [2.45, 2.75) is 146 Å². The number of esters is 1. The number of rotatable bonds is 30. The molecule has 1 saturated heterocycles. The van der Waals surface area contributed by atoms with Gasteiger partial charge in [0.1, 0.15) is 56.5 Å². The average Bonchev–Trinajstić information content (AvgIpc) is 1.56. The fraction of sp³-hybridized carbons (Fsp3) is 0.405. The highest BCUT2D eigenvalue weighted by Crippen LogP contribution is 2.52. The molecule has 25 nitrogen and oxygen atoms in total. The molecule has 1 saturated carbocycles. The van der Waals surface area contributed by atoms with Crippen molar-refractivity contribution >= 4 is 57.8 Å². The van der Waals surface area contributed by atoms with Gasteiger partial charge in [0.05, 0.1) is 76.1 Å². The summed E-state index contributed by atoms with van der Waals surface area (Å²) in [7, 11) is 2.09. The molecule has 7 aromatic carbocycles. The number of methoxy groups -OCH3 is 2. The van der Waals surface area contributed by atoms with E-state index in [-0.39, 0.29) is 92.6 Å². The van der Waals surface area contributed by atoms with Crippen LogP contribution in [0.3, 0.4) is 0 Å². The van der Waals surface area contributed by atoms with Crippen molar-refractivity contribution < 1.29 is 98.8 Å². The van der Waals surface area contributed by atoms with Gasteiger partial charge in [-0.3, -0.25) is 29.2 Å². The minimum Gasteiger partial charge on any atom is -0.493 e. The van der Waals surface area contributed by atoms with Crippen LogP contribution in [0.4, 0.5) is 11.4 Å². The molecule has 2 fully saturated rings. The van der Waals surface area contributed by atoms with Crippen LogP contribution in [0.15, 0.2) is 143 Å². The number of hydrogen-bond donors (Lipinski definition) is 4. The van der Waals surface area contributed by atoms with E-state index in [1.807, 2.05) is 90.9 Å². The van der Waals surface area contributed by atoms with Crippen LogP contribution in [0.25, 0.3) is 0 Å². The normalized spacial score (nSPS) is 22.2. The minimum atomic E-state index is -5.04. The van der Waals surface area contributed by atoms with Gasteiger partial charge in [0.15, 0.2) is 40.3 Å². The molecule has 2 amide bonds. The SMILES string of the molecule is COc1cc2c(cc1OCc1cc(COc3cc4c(cc3OC)C(=O)N3Cc5ccccc5C[C@H]3C=N4)cc(C[N+](C)(C)Cc3ccc(OS(=O)(=O)Oc4cc(C(=O)CCCOCCCC(=O)OCC5[C@H]6CCC#CCC[C@@H]56)ccc4OC4O[C@H](CO)[C@H](O)[C@H](O)[C@@H]4O)cc3)c1)N=C[C@@H]1Cc3ccccc3CN1C2=O. The standard InChI is InChI=1S/C84H90N5O20S/c1-89(2,45-51-23-26-62(27-24-51)108-110(98,99)109-76-36-57(25-28-71(76)106-84-81(95)80(94)79(93)77(47-90)107-84)70(91)21-13-29-102-30-14-22-78(92)105-50-67-63-19-7-5-6-8-20-64(63)67)46-52-31-53(48-103-74-39-68-65(37-72(74)100-3)82(96)87-43-58-17-11-9-15-55(58)34-60(87)41-85-68)33-54(32-52)49-104-75-40-69-66(38-73(75)101-4)83(97)88-44-59-18-12-10-16-56(59)35-61(88)42-86-69/h9-12,15-18,23-28,31-33,36-42,60-61,63-64,67,77,79-81,84,90,93-95H,7-8,13-14,19-22,29-30,34-35,43-50H2,1-4H3/q+1/t60-,61-,63-,64+,67?,77+,79-,80-,81-,84?/m0/s1. The number of carbonyl (C=O) groups excluding carboxylic acids is 4. The highest BCUT2D eigenvalue weighted by atomic mass is 32.3. The third-order valence-corrected chi connectivity index (χ3v) is 22.1. The van der Waals surface area contributed by atoms with E-state index in [4.69, 9.17) is 56.2 Å². The Morgan fingerprint density at radius 3 is 1.71 bits per heavy atom. The number of amides is 2. The number of ether oxygens (including phenoxy) is 8. The lowest BCUT2D eigenvalue weighted by Crippen LogP contribution is -2.60. The molecule has 10 atom stereocenters. The summed E-state index contributed by atoms with van der Waals surface area (Å²) in [6.07, 6.45) is 1.12. The van der Waals surface area contributed by atoms with Crippen molar-refractivity contribution in [3.05, 3.63) is 195 Å². The number of aliphatic imine (C=N–C) groups is 2. The van der Waals surface area contributed by atoms with E-state index in [1.165, 1.54) is 49.6 Å². The number of aliphatic hydroxyl groups is 4. The molecule has 7 aliphatic rings. The van der Waals surface area contributed by atoms with E-state index < -0.39 is 59.2 Å². The van der Waals surface area contributed by atoms with E-state index in [1.54, 1.807) is 36.4 Å². The molecule has 2 unspecified atom stereocenters. The predicted octanol–water partition coefficient (Wildman–Crippen LogP) is 9.83. The molecular formula is C84H90N5O20S+. The lowest BCUT2D eigenvalue weighted by molar-refractivity contribution is -0.916. The second kappa shape index (κ2) is 33.6. The van der Waals surface area contributed by atoms with Crippen LogP contribution in [0.5, 0.6) is 40.2 Å². The number of nitrogens with zero attached hydrogens (tertiary/aromatic N) is 5. The Hall–Kier alpha value is -10.2. The smallest absolute Gasteiger partial charge is 0.493 e.